The van der Waals surface area contributed by atoms with E-state index in [-0.39, 0.29) is 5.57 Å². The van der Waals surface area contributed by atoms with Gasteiger partial charge in [0, 0.05) is 4.88 Å². The SMILES string of the molecule is COC(=O)c1c(NC(=O)C(C#N)=Cc2cccc3ccccc23)sc2c1CCCC2. The van der Waals surface area contributed by atoms with Gasteiger partial charge in [-0.1, -0.05) is 42.5 Å². The van der Waals surface area contributed by atoms with Crippen LogP contribution in [0, 0.1) is 11.3 Å². The number of hydrogen-bond acceptors (Lipinski definition) is 5. The smallest absolute Gasteiger partial charge is 0.341 e. The Morgan fingerprint density at radius 3 is 2.70 bits per heavy atom. The number of nitrogens with zero attached hydrogens (tertiary/aromatic N) is 1. The summed E-state index contributed by atoms with van der Waals surface area (Å²) >= 11 is 1.40. The maximum absolute atomic E-state index is 12.9. The molecule has 6 heteroatoms. The van der Waals surface area contributed by atoms with Crippen LogP contribution in [0.2, 0.25) is 0 Å². The third kappa shape index (κ3) is 3.72. The van der Waals surface area contributed by atoms with Crippen LogP contribution >= 0.6 is 11.3 Å². The largest absolute Gasteiger partial charge is 0.465 e. The number of fused-ring (bicyclic) bond motifs is 2. The van der Waals surface area contributed by atoms with Crippen molar-refractivity contribution in [2.45, 2.75) is 25.7 Å². The first-order chi connectivity index (χ1) is 14.6. The highest BCUT2D eigenvalue weighted by atomic mass is 32.1. The van der Waals surface area contributed by atoms with Crippen LogP contribution in [0.5, 0.6) is 0 Å². The Bertz CT molecular complexity index is 1210. The van der Waals surface area contributed by atoms with Crippen molar-refractivity contribution >= 4 is 45.1 Å². The number of amides is 1. The molecule has 4 rings (SSSR count). The predicted molar refractivity (Wildman–Crippen MR) is 118 cm³/mol. The molecule has 3 aromatic rings. The summed E-state index contributed by atoms with van der Waals surface area (Å²) in [5.74, 6) is -0.990. The van der Waals surface area contributed by atoms with Crippen LogP contribution in [0.25, 0.3) is 16.8 Å². The number of rotatable bonds is 4. The van der Waals surface area contributed by atoms with Gasteiger partial charge in [0.1, 0.15) is 16.6 Å². The van der Waals surface area contributed by atoms with E-state index in [9.17, 15) is 14.9 Å². The van der Waals surface area contributed by atoms with Gasteiger partial charge in [-0.05, 0) is 53.7 Å². The summed E-state index contributed by atoms with van der Waals surface area (Å²) in [6.07, 6.45) is 5.33. The molecule has 5 nitrogen and oxygen atoms in total. The Morgan fingerprint density at radius 1 is 1.13 bits per heavy atom. The van der Waals surface area contributed by atoms with E-state index in [0.29, 0.717) is 10.6 Å². The second kappa shape index (κ2) is 8.52. The van der Waals surface area contributed by atoms with Crippen molar-refractivity contribution in [3.05, 3.63) is 69.6 Å². The number of aryl methyl sites for hydroxylation is 1. The minimum absolute atomic E-state index is 0.0199. The molecule has 30 heavy (non-hydrogen) atoms. The van der Waals surface area contributed by atoms with E-state index in [1.165, 1.54) is 18.4 Å². The standard InChI is InChI=1S/C24H20N2O3S/c1-29-24(28)21-19-11-4-5-12-20(19)30-23(21)26-22(27)17(14-25)13-16-9-6-8-15-7-2-3-10-18(15)16/h2-3,6-10,13H,4-5,11-12H2,1H3,(H,26,27). The normalized spacial score (nSPS) is 13.4. The van der Waals surface area contributed by atoms with Gasteiger partial charge in [0.2, 0.25) is 0 Å². The Labute approximate surface area is 178 Å². The highest BCUT2D eigenvalue weighted by Crippen LogP contribution is 2.38. The number of methoxy groups -OCH3 is 1. The summed E-state index contributed by atoms with van der Waals surface area (Å²) in [4.78, 5) is 26.4. The third-order valence-corrected chi connectivity index (χ3v) is 6.48. The van der Waals surface area contributed by atoms with Gasteiger partial charge in [0.05, 0.1) is 12.7 Å². The average Bonchev–Trinajstić information content (AvgIpc) is 3.14. The topological polar surface area (TPSA) is 79.2 Å². The van der Waals surface area contributed by atoms with Crippen LogP contribution in [0.4, 0.5) is 5.00 Å². The Kier molecular flexibility index (Phi) is 5.64. The predicted octanol–water partition coefficient (Wildman–Crippen LogP) is 5.11. The maximum Gasteiger partial charge on any atom is 0.341 e. The number of carbonyl (C=O) groups is 2. The lowest BCUT2D eigenvalue weighted by Crippen LogP contribution is -2.16. The molecule has 1 aromatic heterocycles. The van der Waals surface area contributed by atoms with Crippen LogP contribution < -0.4 is 5.32 Å². The van der Waals surface area contributed by atoms with Crippen molar-refractivity contribution in [1.29, 1.82) is 5.26 Å². The molecule has 0 unspecified atom stereocenters. The van der Waals surface area contributed by atoms with E-state index in [1.807, 2.05) is 48.5 Å². The molecular formula is C24H20N2O3S. The van der Waals surface area contributed by atoms with Crippen LogP contribution in [0.3, 0.4) is 0 Å². The average molecular weight is 417 g/mol. The molecule has 0 fully saturated rings. The van der Waals surface area contributed by atoms with Crippen molar-refractivity contribution in [2.75, 3.05) is 12.4 Å². The Hall–Kier alpha value is -3.43. The van der Waals surface area contributed by atoms with E-state index < -0.39 is 11.9 Å². The number of ether oxygens (including phenoxy) is 1. The fourth-order valence-corrected chi connectivity index (χ4v) is 5.10. The summed E-state index contributed by atoms with van der Waals surface area (Å²) in [5.41, 5.74) is 2.16. The van der Waals surface area contributed by atoms with Crippen LogP contribution in [-0.4, -0.2) is 19.0 Å². The van der Waals surface area contributed by atoms with Crippen molar-refractivity contribution < 1.29 is 14.3 Å². The highest BCUT2D eigenvalue weighted by molar-refractivity contribution is 7.17. The molecule has 1 amide bonds. The van der Waals surface area contributed by atoms with Gasteiger partial charge in [0.25, 0.3) is 5.91 Å². The van der Waals surface area contributed by atoms with Crippen molar-refractivity contribution in [3.8, 4) is 6.07 Å². The number of nitrogens with one attached hydrogen (secondary N) is 1. The van der Waals surface area contributed by atoms with Crippen molar-refractivity contribution in [1.82, 2.24) is 0 Å². The number of nitriles is 1. The maximum atomic E-state index is 12.9. The first kappa shape index (κ1) is 19.9. The molecule has 0 bridgehead atoms. The Balaban J connectivity index is 1.69. The first-order valence-electron chi connectivity index (χ1n) is 9.76. The van der Waals surface area contributed by atoms with Crippen molar-refractivity contribution in [2.24, 2.45) is 0 Å². The quantitative estimate of drug-likeness (QED) is 0.364. The van der Waals surface area contributed by atoms with Gasteiger partial charge >= 0.3 is 5.97 Å². The molecule has 0 aliphatic heterocycles. The molecule has 0 radical (unpaired) electrons. The zero-order valence-electron chi connectivity index (χ0n) is 16.5. The zero-order chi connectivity index (χ0) is 21.1. The molecule has 1 aliphatic carbocycles. The van der Waals surface area contributed by atoms with Crippen molar-refractivity contribution in [3.63, 3.8) is 0 Å². The molecule has 1 aliphatic rings. The van der Waals surface area contributed by atoms with Gasteiger partial charge in [-0.15, -0.1) is 11.3 Å². The second-order valence-electron chi connectivity index (χ2n) is 7.10. The molecule has 1 heterocycles. The lowest BCUT2D eigenvalue weighted by molar-refractivity contribution is -0.112. The minimum atomic E-state index is -0.533. The number of hydrogen-bond donors (Lipinski definition) is 1. The van der Waals surface area contributed by atoms with E-state index in [1.54, 1.807) is 6.08 Å². The fraction of sp³-hybridized carbons (Fsp3) is 0.208. The van der Waals surface area contributed by atoms with Crippen LogP contribution in [0.1, 0.15) is 39.2 Å². The summed E-state index contributed by atoms with van der Waals surface area (Å²) in [6.45, 7) is 0. The summed E-state index contributed by atoms with van der Waals surface area (Å²) in [7, 11) is 1.34. The molecule has 1 N–H and O–H groups in total. The molecule has 0 atom stereocenters. The van der Waals surface area contributed by atoms with Gasteiger partial charge in [-0.2, -0.15) is 5.26 Å². The van der Waals surface area contributed by atoms with E-state index in [0.717, 1.165) is 52.5 Å². The van der Waals surface area contributed by atoms with Gasteiger partial charge in [-0.25, -0.2) is 4.79 Å². The molecule has 150 valence electrons. The fourth-order valence-electron chi connectivity index (χ4n) is 3.82. The summed E-state index contributed by atoms with van der Waals surface area (Å²) in [6, 6.07) is 15.6. The van der Waals surface area contributed by atoms with Gasteiger partial charge < -0.3 is 10.1 Å². The Morgan fingerprint density at radius 2 is 1.90 bits per heavy atom. The number of benzene rings is 2. The number of thiophene rings is 1. The second-order valence-corrected chi connectivity index (χ2v) is 8.20. The first-order valence-corrected chi connectivity index (χ1v) is 10.6. The minimum Gasteiger partial charge on any atom is -0.465 e. The van der Waals surface area contributed by atoms with E-state index in [2.05, 4.69) is 5.32 Å². The molecule has 2 aromatic carbocycles. The molecule has 0 spiro atoms. The van der Waals surface area contributed by atoms with E-state index in [4.69, 9.17) is 4.74 Å². The third-order valence-electron chi connectivity index (χ3n) is 5.28. The van der Waals surface area contributed by atoms with Gasteiger partial charge in [-0.3, -0.25) is 4.79 Å². The summed E-state index contributed by atoms with van der Waals surface area (Å²) in [5, 5.41) is 14.9. The number of anilines is 1. The zero-order valence-corrected chi connectivity index (χ0v) is 17.3. The lowest BCUT2D eigenvalue weighted by atomic mass is 9.95. The monoisotopic (exact) mass is 416 g/mol. The highest BCUT2D eigenvalue weighted by Gasteiger charge is 2.27. The van der Waals surface area contributed by atoms with E-state index >= 15 is 0 Å². The summed E-state index contributed by atoms with van der Waals surface area (Å²) < 4.78 is 4.95. The van der Waals surface area contributed by atoms with Gasteiger partial charge in [0.15, 0.2) is 0 Å². The van der Waals surface area contributed by atoms with Crippen LogP contribution in [0.15, 0.2) is 48.0 Å². The lowest BCUT2D eigenvalue weighted by Gasteiger charge is -2.11. The molecule has 0 saturated heterocycles. The number of carbonyl (C=O) groups excluding carboxylic acids is 2. The van der Waals surface area contributed by atoms with Crippen LogP contribution in [-0.2, 0) is 22.4 Å². The number of esters is 1. The molecule has 0 saturated carbocycles. The molecular weight excluding hydrogens is 396 g/mol.